The summed E-state index contributed by atoms with van der Waals surface area (Å²) in [5.41, 5.74) is 1.81. The van der Waals surface area contributed by atoms with Gasteiger partial charge in [-0.2, -0.15) is 0 Å². The first-order valence-electron chi connectivity index (χ1n) is 11.2. The molecule has 1 atom stereocenters. The SMILES string of the molecule is CCOC(=O)C1=C(C)N=c2s/c(=C\c3cccc(O)c3)c(=O)n2C1c1ccc(OC)c(OCC)c1. The molecule has 1 unspecified atom stereocenters. The lowest BCUT2D eigenvalue weighted by Crippen LogP contribution is -2.40. The number of carbonyl (C=O) groups excluding carboxylic acids is 1. The van der Waals surface area contributed by atoms with Gasteiger partial charge in [0.25, 0.3) is 5.56 Å². The first kappa shape index (κ1) is 24.3. The number of fused-ring (bicyclic) bond motifs is 1. The van der Waals surface area contributed by atoms with Crippen molar-refractivity contribution in [2.75, 3.05) is 20.3 Å². The highest BCUT2D eigenvalue weighted by Gasteiger charge is 2.33. The van der Waals surface area contributed by atoms with E-state index in [1.807, 2.05) is 6.92 Å². The normalized spacial score (nSPS) is 15.4. The molecule has 0 saturated heterocycles. The molecule has 1 aliphatic heterocycles. The summed E-state index contributed by atoms with van der Waals surface area (Å²) in [5, 5.41) is 9.81. The van der Waals surface area contributed by atoms with Crippen molar-refractivity contribution in [1.29, 1.82) is 0 Å². The van der Waals surface area contributed by atoms with E-state index >= 15 is 0 Å². The molecule has 0 amide bonds. The number of thiazole rings is 1. The molecule has 0 aliphatic carbocycles. The van der Waals surface area contributed by atoms with Gasteiger partial charge < -0.3 is 19.3 Å². The van der Waals surface area contributed by atoms with Gasteiger partial charge in [0.1, 0.15) is 5.75 Å². The van der Waals surface area contributed by atoms with E-state index in [4.69, 9.17) is 14.2 Å². The van der Waals surface area contributed by atoms with E-state index in [1.54, 1.807) is 69.5 Å². The molecule has 0 radical (unpaired) electrons. The number of hydrogen-bond donors (Lipinski definition) is 1. The standard InChI is InChI=1S/C26H26N2O6S/c1-5-33-20-14-17(10-11-19(20)32-4)23-22(25(31)34-6-2)15(3)27-26-28(23)24(30)21(35-26)13-16-8-7-9-18(29)12-16/h7-14,23,29H,5-6H2,1-4H3/b21-13-. The van der Waals surface area contributed by atoms with Gasteiger partial charge in [0.05, 0.1) is 42.2 Å². The number of aromatic nitrogens is 1. The second kappa shape index (κ2) is 10.2. The summed E-state index contributed by atoms with van der Waals surface area (Å²) in [6.07, 6.45) is 1.70. The number of benzene rings is 2. The number of methoxy groups -OCH3 is 1. The van der Waals surface area contributed by atoms with Crippen LogP contribution in [-0.4, -0.2) is 36.0 Å². The summed E-state index contributed by atoms with van der Waals surface area (Å²) >= 11 is 1.22. The molecule has 1 N–H and O–H groups in total. The van der Waals surface area contributed by atoms with Gasteiger partial charge in [-0.15, -0.1) is 0 Å². The second-order valence-corrected chi connectivity index (χ2v) is 8.75. The first-order valence-corrected chi connectivity index (χ1v) is 12.0. The van der Waals surface area contributed by atoms with Crippen molar-refractivity contribution in [3.8, 4) is 17.2 Å². The molecule has 182 valence electrons. The van der Waals surface area contributed by atoms with Crippen molar-refractivity contribution >= 4 is 23.4 Å². The van der Waals surface area contributed by atoms with Crippen LogP contribution in [0.3, 0.4) is 0 Å². The molecule has 1 aromatic heterocycles. The minimum atomic E-state index is -0.762. The van der Waals surface area contributed by atoms with Crippen molar-refractivity contribution < 1.29 is 24.1 Å². The largest absolute Gasteiger partial charge is 0.508 e. The van der Waals surface area contributed by atoms with Gasteiger partial charge in [0.2, 0.25) is 0 Å². The Balaban J connectivity index is 1.97. The summed E-state index contributed by atoms with van der Waals surface area (Å²) in [7, 11) is 1.55. The van der Waals surface area contributed by atoms with E-state index in [-0.39, 0.29) is 23.5 Å². The number of rotatable bonds is 7. The van der Waals surface area contributed by atoms with Crippen LogP contribution >= 0.6 is 11.3 Å². The fraction of sp³-hybridized carbons (Fsp3) is 0.269. The predicted molar refractivity (Wildman–Crippen MR) is 133 cm³/mol. The molecule has 9 heteroatoms. The van der Waals surface area contributed by atoms with Crippen molar-refractivity contribution in [3.63, 3.8) is 0 Å². The number of carbonyl (C=O) groups is 1. The number of hydrogen-bond acceptors (Lipinski definition) is 8. The highest BCUT2D eigenvalue weighted by Crippen LogP contribution is 2.36. The molecule has 0 fully saturated rings. The topological polar surface area (TPSA) is 99.4 Å². The zero-order chi connectivity index (χ0) is 25.1. The van der Waals surface area contributed by atoms with Crippen LogP contribution in [0.15, 0.2) is 63.5 Å². The second-order valence-electron chi connectivity index (χ2n) is 7.74. The third-order valence-electron chi connectivity index (χ3n) is 5.49. The van der Waals surface area contributed by atoms with Crippen LogP contribution < -0.4 is 24.4 Å². The quantitative estimate of drug-likeness (QED) is 0.507. The van der Waals surface area contributed by atoms with E-state index < -0.39 is 12.0 Å². The first-order chi connectivity index (χ1) is 16.9. The van der Waals surface area contributed by atoms with Crippen LogP contribution in [0.2, 0.25) is 0 Å². The average molecular weight is 495 g/mol. The third kappa shape index (κ3) is 4.72. The third-order valence-corrected chi connectivity index (χ3v) is 6.47. The highest BCUT2D eigenvalue weighted by atomic mass is 32.1. The predicted octanol–water partition coefficient (Wildman–Crippen LogP) is 2.91. The smallest absolute Gasteiger partial charge is 0.338 e. The van der Waals surface area contributed by atoms with Crippen molar-refractivity contribution in [3.05, 3.63) is 84.5 Å². The number of ether oxygens (including phenoxy) is 3. The van der Waals surface area contributed by atoms with Gasteiger partial charge in [0, 0.05) is 0 Å². The molecule has 3 aromatic rings. The van der Waals surface area contributed by atoms with E-state index in [9.17, 15) is 14.7 Å². The Labute approximate surface area is 206 Å². The Morgan fingerprint density at radius 3 is 2.66 bits per heavy atom. The number of aromatic hydroxyl groups is 1. The number of nitrogens with zero attached hydrogens (tertiary/aromatic N) is 2. The van der Waals surface area contributed by atoms with Gasteiger partial charge in [-0.3, -0.25) is 9.36 Å². The van der Waals surface area contributed by atoms with Crippen molar-refractivity contribution in [2.24, 2.45) is 4.99 Å². The van der Waals surface area contributed by atoms with E-state index in [0.717, 1.165) is 0 Å². The van der Waals surface area contributed by atoms with Crippen LogP contribution in [0.1, 0.15) is 37.9 Å². The minimum Gasteiger partial charge on any atom is -0.508 e. The summed E-state index contributed by atoms with van der Waals surface area (Å²) in [6, 6.07) is 11.2. The molecule has 0 spiro atoms. The Kier molecular flexibility index (Phi) is 7.07. The van der Waals surface area contributed by atoms with E-state index in [2.05, 4.69) is 4.99 Å². The molecular formula is C26H26N2O6S. The maximum atomic E-state index is 13.6. The summed E-state index contributed by atoms with van der Waals surface area (Å²) in [5.74, 6) is 0.624. The molecule has 0 saturated carbocycles. The Hall–Kier alpha value is -3.85. The van der Waals surface area contributed by atoms with Crippen LogP contribution in [0, 0.1) is 0 Å². The molecule has 35 heavy (non-hydrogen) atoms. The maximum Gasteiger partial charge on any atom is 0.338 e. The lowest BCUT2D eigenvalue weighted by molar-refractivity contribution is -0.139. The molecule has 2 aromatic carbocycles. The summed E-state index contributed by atoms with van der Waals surface area (Å²) in [4.78, 5) is 31.7. The molecular weight excluding hydrogens is 468 g/mol. The minimum absolute atomic E-state index is 0.103. The summed E-state index contributed by atoms with van der Waals surface area (Å²) in [6.45, 7) is 5.94. The molecule has 4 rings (SSSR count). The van der Waals surface area contributed by atoms with Crippen molar-refractivity contribution in [2.45, 2.75) is 26.8 Å². The fourth-order valence-electron chi connectivity index (χ4n) is 4.00. The monoisotopic (exact) mass is 494 g/mol. The lowest BCUT2D eigenvalue weighted by atomic mass is 9.95. The summed E-state index contributed by atoms with van der Waals surface area (Å²) < 4.78 is 18.4. The van der Waals surface area contributed by atoms with Crippen molar-refractivity contribution in [1.82, 2.24) is 4.57 Å². The average Bonchev–Trinajstić information content (AvgIpc) is 3.12. The van der Waals surface area contributed by atoms with Gasteiger partial charge in [0.15, 0.2) is 16.3 Å². The van der Waals surface area contributed by atoms with E-state index in [0.29, 0.717) is 44.3 Å². The molecule has 2 heterocycles. The molecule has 0 bridgehead atoms. The van der Waals surface area contributed by atoms with Crippen LogP contribution in [0.25, 0.3) is 6.08 Å². The number of phenolic OH excluding ortho intramolecular Hbond substituents is 1. The van der Waals surface area contributed by atoms with E-state index in [1.165, 1.54) is 15.9 Å². The Morgan fingerprint density at radius 2 is 1.97 bits per heavy atom. The highest BCUT2D eigenvalue weighted by molar-refractivity contribution is 7.07. The number of allylic oxidation sites excluding steroid dienone is 1. The van der Waals surface area contributed by atoms with Crippen LogP contribution in [-0.2, 0) is 9.53 Å². The molecule has 1 aliphatic rings. The zero-order valence-corrected chi connectivity index (χ0v) is 20.7. The van der Waals surface area contributed by atoms with Gasteiger partial charge >= 0.3 is 5.97 Å². The number of phenols is 1. The Morgan fingerprint density at radius 1 is 1.17 bits per heavy atom. The van der Waals surface area contributed by atoms with Gasteiger partial charge in [-0.1, -0.05) is 29.5 Å². The van der Waals surface area contributed by atoms with Gasteiger partial charge in [-0.05, 0) is 62.2 Å². The zero-order valence-electron chi connectivity index (χ0n) is 19.9. The maximum absolute atomic E-state index is 13.6. The van der Waals surface area contributed by atoms with Gasteiger partial charge in [-0.25, -0.2) is 9.79 Å². The van der Waals surface area contributed by atoms with Crippen LogP contribution in [0.5, 0.6) is 17.2 Å². The fourth-order valence-corrected chi connectivity index (χ4v) is 5.05. The van der Waals surface area contributed by atoms with Crippen LogP contribution in [0.4, 0.5) is 0 Å². The Bertz CT molecular complexity index is 1480. The molecule has 8 nitrogen and oxygen atoms in total. The number of esters is 1. The lowest BCUT2D eigenvalue weighted by Gasteiger charge is -2.25.